The minimum Gasteiger partial charge on any atom is -0.351 e. The third-order valence-electron chi connectivity index (χ3n) is 5.11. The Labute approximate surface area is 176 Å². The van der Waals surface area contributed by atoms with E-state index in [2.05, 4.69) is 21.3 Å². The summed E-state index contributed by atoms with van der Waals surface area (Å²) in [5, 5.41) is 7.75. The van der Waals surface area contributed by atoms with E-state index in [1.54, 1.807) is 25.2 Å². The second kappa shape index (κ2) is 8.98. The van der Waals surface area contributed by atoms with Gasteiger partial charge in [0.15, 0.2) is 0 Å². The highest BCUT2D eigenvalue weighted by Crippen LogP contribution is 2.26. The molecule has 2 N–H and O–H groups in total. The van der Waals surface area contributed by atoms with Crippen LogP contribution in [0.25, 0.3) is 16.5 Å². The number of fused-ring (bicyclic) bond motifs is 1. The van der Waals surface area contributed by atoms with Crippen LogP contribution in [0.2, 0.25) is 0 Å². The van der Waals surface area contributed by atoms with Gasteiger partial charge in [-0.1, -0.05) is 32.1 Å². The van der Waals surface area contributed by atoms with Gasteiger partial charge in [-0.2, -0.15) is 5.10 Å². The van der Waals surface area contributed by atoms with Crippen LogP contribution in [0.15, 0.2) is 36.5 Å². The number of aromatic amines is 2. The number of H-pyrrole nitrogens is 2. The van der Waals surface area contributed by atoms with Crippen molar-refractivity contribution >= 4 is 28.3 Å². The Hall–Kier alpha value is -3.35. The largest absolute Gasteiger partial charge is 0.351 e. The number of rotatable bonds is 3. The Kier molecular flexibility index (Phi) is 6.40. The van der Waals surface area contributed by atoms with Crippen molar-refractivity contribution in [3.63, 3.8) is 0 Å². The van der Waals surface area contributed by atoms with E-state index in [9.17, 15) is 9.59 Å². The van der Waals surface area contributed by atoms with Crippen molar-refractivity contribution in [3.05, 3.63) is 59.1 Å². The first kappa shape index (κ1) is 21.4. The monoisotopic (exact) mass is 407 g/mol. The van der Waals surface area contributed by atoms with Crippen molar-refractivity contribution in [1.82, 2.24) is 25.0 Å². The molecule has 0 bridgehead atoms. The molecule has 1 aliphatic rings. The molecule has 2 amide bonds. The molecule has 0 atom stereocenters. The molecule has 3 heterocycles. The Morgan fingerprint density at radius 1 is 1.17 bits per heavy atom. The van der Waals surface area contributed by atoms with Crippen LogP contribution in [0.3, 0.4) is 0 Å². The van der Waals surface area contributed by atoms with Gasteiger partial charge in [0, 0.05) is 38.1 Å². The molecule has 0 radical (unpaired) electrons. The van der Waals surface area contributed by atoms with Crippen molar-refractivity contribution in [1.29, 1.82) is 0 Å². The van der Waals surface area contributed by atoms with Gasteiger partial charge in [-0.3, -0.25) is 14.7 Å². The van der Waals surface area contributed by atoms with Gasteiger partial charge in [0.1, 0.15) is 11.4 Å². The van der Waals surface area contributed by atoms with Crippen molar-refractivity contribution in [3.8, 4) is 0 Å². The molecule has 1 aliphatic heterocycles. The number of carbonyl (C=O) groups excluding carboxylic acids is 2. The molecular weight excluding hydrogens is 378 g/mol. The molecule has 2 aromatic heterocycles. The molecule has 0 aliphatic carbocycles. The summed E-state index contributed by atoms with van der Waals surface area (Å²) >= 11 is 0. The number of amides is 2. The van der Waals surface area contributed by atoms with Gasteiger partial charge in [-0.05, 0) is 42.2 Å². The highest BCUT2D eigenvalue weighted by Gasteiger charge is 2.23. The molecule has 0 saturated heterocycles. The lowest BCUT2D eigenvalue weighted by atomic mass is 9.99. The summed E-state index contributed by atoms with van der Waals surface area (Å²) in [6.07, 6.45) is 4.65. The Bertz CT molecular complexity index is 1090. The van der Waals surface area contributed by atoms with Crippen molar-refractivity contribution in [2.24, 2.45) is 0 Å². The first-order valence-corrected chi connectivity index (χ1v) is 10.3. The fraction of sp³-hybridized carbons (Fsp3) is 0.348. The van der Waals surface area contributed by atoms with Crippen LogP contribution >= 0.6 is 0 Å². The zero-order chi connectivity index (χ0) is 21.8. The Morgan fingerprint density at radius 3 is 2.60 bits per heavy atom. The van der Waals surface area contributed by atoms with Gasteiger partial charge in [-0.15, -0.1) is 0 Å². The number of aryl methyl sites for hydroxylation is 1. The van der Waals surface area contributed by atoms with Gasteiger partial charge >= 0.3 is 0 Å². The molecule has 30 heavy (non-hydrogen) atoms. The maximum Gasteiger partial charge on any atom is 0.272 e. The first-order chi connectivity index (χ1) is 14.4. The number of nitrogens with one attached hydrogen (secondary N) is 2. The average molecular weight is 408 g/mol. The van der Waals surface area contributed by atoms with Crippen LogP contribution in [0.4, 0.5) is 0 Å². The third kappa shape index (κ3) is 4.15. The Balaban J connectivity index is 0.00000124. The summed E-state index contributed by atoms with van der Waals surface area (Å²) < 4.78 is 0. The van der Waals surface area contributed by atoms with Crippen LogP contribution < -0.4 is 0 Å². The number of carbonyl (C=O) groups is 2. The topological polar surface area (TPSA) is 85.1 Å². The molecule has 0 spiro atoms. The second-order valence-electron chi connectivity index (χ2n) is 7.36. The van der Waals surface area contributed by atoms with Gasteiger partial charge in [0.25, 0.3) is 11.8 Å². The Morgan fingerprint density at radius 2 is 1.93 bits per heavy atom. The smallest absolute Gasteiger partial charge is 0.272 e. The molecule has 0 saturated carbocycles. The highest BCUT2D eigenvalue weighted by atomic mass is 16.2. The minimum atomic E-state index is -0.0543. The van der Waals surface area contributed by atoms with E-state index in [0.717, 1.165) is 34.0 Å². The second-order valence-corrected chi connectivity index (χ2v) is 7.36. The predicted molar refractivity (Wildman–Crippen MR) is 119 cm³/mol. The molecule has 1 aromatic carbocycles. The van der Waals surface area contributed by atoms with E-state index in [-0.39, 0.29) is 11.8 Å². The molecule has 4 rings (SSSR count). The number of hydrogen-bond donors (Lipinski definition) is 2. The highest BCUT2D eigenvalue weighted by molar-refractivity contribution is 5.99. The first-order valence-electron chi connectivity index (χ1n) is 10.3. The van der Waals surface area contributed by atoms with E-state index in [0.29, 0.717) is 24.5 Å². The number of hydrogen-bond acceptors (Lipinski definition) is 3. The summed E-state index contributed by atoms with van der Waals surface area (Å²) in [6, 6.07) is 7.96. The molecule has 158 valence electrons. The SMILES string of the molecule is CC.Cc1cn[nH]c1C(=O)N1CCC=C(c2ccc3cc(C(=O)N(C)C)[nH]c3c2)C1. The van der Waals surface area contributed by atoms with Crippen molar-refractivity contribution < 1.29 is 9.59 Å². The van der Waals surface area contributed by atoms with Crippen LogP contribution in [0, 0.1) is 6.92 Å². The lowest BCUT2D eigenvalue weighted by Gasteiger charge is -2.27. The summed E-state index contributed by atoms with van der Waals surface area (Å²) in [6.45, 7) is 7.11. The summed E-state index contributed by atoms with van der Waals surface area (Å²) in [4.78, 5) is 31.6. The lowest BCUT2D eigenvalue weighted by Crippen LogP contribution is -2.36. The van der Waals surface area contributed by atoms with Crippen LogP contribution in [0.1, 0.15) is 52.4 Å². The van der Waals surface area contributed by atoms with Crippen molar-refractivity contribution in [2.75, 3.05) is 27.2 Å². The fourth-order valence-electron chi connectivity index (χ4n) is 3.53. The minimum absolute atomic E-state index is 0.0274. The van der Waals surface area contributed by atoms with E-state index in [1.807, 2.05) is 49.9 Å². The van der Waals surface area contributed by atoms with E-state index >= 15 is 0 Å². The van der Waals surface area contributed by atoms with E-state index < -0.39 is 0 Å². The van der Waals surface area contributed by atoms with Crippen LogP contribution in [0.5, 0.6) is 0 Å². The normalized spacial score (nSPS) is 13.5. The summed E-state index contributed by atoms with van der Waals surface area (Å²) in [7, 11) is 3.47. The predicted octanol–water partition coefficient (Wildman–Crippen LogP) is 3.86. The standard InChI is InChI=1S/C21H23N5O2.C2H6/c1-13-11-22-24-19(13)21(28)26-8-4-5-16(12-26)14-6-7-15-10-18(20(27)25(2)3)23-17(15)9-14;1-2/h5-7,9-11,23H,4,8,12H2,1-3H3,(H,22,24);1-2H3. The maximum atomic E-state index is 12.8. The quantitative estimate of drug-likeness (QED) is 0.691. The summed E-state index contributed by atoms with van der Waals surface area (Å²) in [5.41, 5.74) is 5.04. The molecule has 3 aromatic rings. The molecular formula is C23H29N5O2. The van der Waals surface area contributed by atoms with E-state index in [4.69, 9.17) is 0 Å². The van der Waals surface area contributed by atoms with Gasteiger partial charge < -0.3 is 14.8 Å². The third-order valence-corrected chi connectivity index (χ3v) is 5.11. The van der Waals surface area contributed by atoms with Gasteiger partial charge in [-0.25, -0.2) is 0 Å². The number of aromatic nitrogens is 3. The van der Waals surface area contributed by atoms with E-state index in [1.165, 1.54) is 0 Å². The van der Waals surface area contributed by atoms with Crippen LogP contribution in [-0.4, -0.2) is 64.0 Å². The van der Waals surface area contributed by atoms with Crippen molar-refractivity contribution in [2.45, 2.75) is 27.2 Å². The number of benzene rings is 1. The molecule has 7 heteroatoms. The zero-order valence-corrected chi connectivity index (χ0v) is 18.2. The lowest BCUT2D eigenvalue weighted by molar-refractivity contribution is 0.0767. The fourth-order valence-corrected chi connectivity index (χ4v) is 3.53. The molecule has 0 unspecified atom stereocenters. The summed E-state index contributed by atoms with van der Waals surface area (Å²) in [5.74, 6) is -0.0817. The average Bonchev–Trinajstić information content (AvgIpc) is 3.39. The number of nitrogens with zero attached hydrogens (tertiary/aromatic N) is 3. The molecule has 7 nitrogen and oxygen atoms in total. The maximum absolute atomic E-state index is 12.8. The van der Waals surface area contributed by atoms with Gasteiger partial charge in [0.05, 0.1) is 6.20 Å². The van der Waals surface area contributed by atoms with Gasteiger partial charge in [0.2, 0.25) is 0 Å². The molecule has 0 fully saturated rings. The zero-order valence-electron chi connectivity index (χ0n) is 18.2. The van der Waals surface area contributed by atoms with Crippen LogP contribution in [-0.2, 0) is 0 Å².